The number of anilines is 1. The van der Waals surface area contributed by atoms with E-state index in [0.29, 0.717) is 16.5 Å². The lowest BCUT2D eigenvalue weighted by Gasteiger charge is -2.27. The molecule has 0 saturated carbocycles. The lowest BCUT2D eigenvalue weighted by molar-refractivity contribution is -0.137. The van der Waals surface area contributed by atoms with E-state index in [1.165, 1.54) is 25.1 Å². The number of hydrogen-bond acceptors (Lipinski definition) is 3. The zero-order valence-corrected chi connectivity index (χ0v) is 17.2. The number of allylic oxidation sites excluding steroid dienone is 1. The number of carbonyl (C=O) groups excluding carboxylic acids is 2. The maximum absolute atomic E-state index is 14.5. The summed E-state index contributed by atoms with van der Waals surface area (Å²) in [7, 11) is 0. The molecule has 0 saturated heterocycles. The van der Waals surface area contributed by atoms with Crippen molar-refractivity contribution in [2.24, 2.45) is 0 Å². The molecule has 1 aromatic heterocycles. The lowest BCUT2D eigenvalue weighted by Crippen LogP contribution is -2.35. The number of carbonyl (C=O) groups is 2. The molecule has 0 radical (unpaired) electrons. The van der Waals surface area contributed by atoms with E-state index in [4.69, 9.17) is 11.6 Å². The summed E-state index contributed by atoms with van der Waals surface area (Å²) in [6, 6.07) is 6.68. The van der Waals surface area contributed by atoms with Gasteiger partial charge in [-0.3, -0.25) is 14.7 Å². The van der Waals surface area contributed by atoms with Gasteiger partial charge in [0.05, 0.1) is 16.8 Å². The first kappa shape index (κ1) is 21.8. The van der Waals surface area contributed by atoms with Crippen molar-refractivity contribution in [2.75, 3.05) is 5.32 Å². The predicted molar refractivity (Wildman–Crippen MR) is 109 cm³/mol. The van der Waals surface area contributed by atoms with Crippen LogP contribution in [0.15, 0.2) is 47.7 Å². The average Bonchev–Trinajstić information content (AvgIpc) is 3.06. The Labute approximate surface area is 183 Å². The molecule has 32 heavy (non-hydrogen) atoms. The van der Waals surface area contributed by atoms with Gasteiger partial charge in [-0.1, -0.05) is 23.7 Å². The van der Waals surface area contributed by atoms with Gasteiger partial charge in [0.1, 0.15) is 5.82 Å². The molecule has 1 unspecified atom stereocenters. The third-order valence-corrected chi connectivity index (χ3v) is 5.49. The number of benzene rings is 2. The summed E-state index contributed by atoms with van der Waals surface area (Å²) in [5.74, 6) is -2.64. The number of alkyl halides is 3. The topological polar surface area (TPSA) is 86.9 Å². The summed E-state index contributed by atoms with van der Waals surface area (Å²) in [5.41, 5.74) is 0.0305. The Morgan fingerprint density at radius 1 is 1.22 bits per heavy atom. The molecule has 0 aliphatic carbocycles. The Bertz CT molecular complexity index is 1270. The lowest BCUT2D eigenvalue weighted by atomic mass is 9.83. The zero-order chi connectivity index (χ0) is 23.2. The van der Waals surface area contributed by atoms with Crippen LogP contribution < -0.4 is 10.6 Å². The molecule has 1 atom stereocenters. The maximum atomic E-state index is 14.5. The van der Waals surface area contributed by atoms with E-state index in [1.54, 1.807) is 0 Å². The van der Waals surface area contributed by atoms with Crippen molar-refractivity contribution >= 4 is 40.0 Å². The van der Waals surface area contributed by atoms with Crippen LogP contribution in [0.25, 0.3) is 10.9 Å². The minimum Gasteiger partial charge on any atom is -0.330 e. The number of fused-ring (bicyclic) bond motifs is 1. The van der Waals surface area contributed by atoms with Gasteiger partial charge in [0.2, 0.25) is 5.91 Å². The van der Waals surface area contributed by atoms with Gasteiger partial charge in [0, 0.05) is 35.1 Å². The van der Waals surface area contributed by atoms with Crippen LogP contribution in [0.2, 0.25) is 5.15 Å². The minimum absolute atomic E-state index is 0.0958. The number of nitrogens with zero attached hydrogens (tertiary/aromatic N) is 1. The van der Waals surface area contributed by atoms with Gasteiger partial charge in [-0.25, -0.2) is 4.39 Å². The number of halogens is 5. The molecule has 0 spiro atoms. The van der Waals surface area contributed by atoms with Crippen LogP contribution in [-0.2, 0) is 15.8 Å². The highest BCUT2D eigenvalue weighted by Gasteiger charge is 2.34. The van der Waals surface area contributed by atoms with Crippen LogP contribution in [0.4, 0.5) is 23.2 Å². The SMILES string of the molecule is CC1=C(C(=O)Nc2cc3c(Cl)n[nH]c3cc2F)C(c2ccc(C(F)(F)F)cc2)CC(=O)N1. The quantitative estimate of drug-likeness (QED) is 0.480. The minimum atomic E-state index is -4.51. The fourth-order valence-electron chi connectivity index (χ4n) is 3.69. The van der Waals surface area contributed by atoms with Crippen LogP contribution in [-0.4, -0.2) is 22.0 Å². The fraction of sp³-hybridized carbons (Fsp3) is 0.190. The molecule has 2 amide bonds. The van der Waals surface area contributed by atoms with Crippen LogP contribution >= 0.6 is 11.6 Å². The molecule has 166 valence electrons. The average molecular weight is 467 g/mol. The number of hydrogen-bond donors (Lipinski definition) is 3. The van der Waals surface area contributed by atoms with Gasteiger partial charge in [-0.05, 0) is 30.7 Å². The third-order valence-electron chi connectivity index (χ3n) is 5.21. The van der Waals surface area contributed by atoms with Gasteiger partial charge < -0.3 is 10.6 Å². The Kier molecular flexibility index (Phi) is 5.41. The second kappa shape index (κ2) is 7.94. The maximum Gasteiger partial charge on any atom is 0.416 e. The van der Waals surface area contributed by atoms with Crippen molar-refractivity contribution in [1.29, 1.82) is 0 Å². The number of aromatic amines is 1. The predicted octanol–water partition coefficient (Wildman–Crippen LogP) is 4.89. The van der Waals surface area contributed by atoms with E-state index in [9.17, 15) is 27.2 Å². The molecule has 11 heteroatoms. The Balaban J connectivity index is 1.68. The molecule has 6 nitrogen and oxygen atoms in total. The summed E-state index contributed by atoms with van der Waals surface area (Å²) < 4.78 is 53.2. The summed E-state index contributed by atoms with van der Waals surface area (Å²) in [6.07, 6.45) is -4.67. The van der Waals surface area contributed by atoms with Crippen LogP contribution in [0.5, 0.6) is 0 Å². The second-order valence-corrected chi connectivity index (χ2v) is 7.67. The van der Waals surface area contributed by atoms with Gasteiger partial charge >= 0.3 is 6.18 Å². The monoisotopic (exact) mass is 466 g/mol. The highest BCUT2D eigenvalue weighted by atomic mass is 35.5. The molecule has 0 bridgehead atoms. The molecule has 0 fully saturated rings. The van der Waals surface area contributed by atoms with Crippen LogP contribution in [0.1, 0.15) is 30.4 Å². The van der Waals surface area contributed by atoms with Crippen LogP contribution in [0.3, 0.4) is 0 Å². The molecule has 4 rings (SSSR count). The molecule has 1 aliphatic rings. The highest BCUT2D eigenvalue weighted by molar-refractivity contribution is 6.34. The zero-order valence-electron chi connectivity index (χ0n) is 16.4. The summed E-state index contributed by atoms with van der Waals surface area (Å²) >= 11 is 5.95. The highest BCUT2D eigenvalue weighted by Crippen LogP contribution is 2.36. The Hall–Kier alpha value is -3.40. The normalized spacial score (nSPS) is 16.9. The number of nitrogens with one attached hydrogen (secondary N) is 3. The molecular formula is C21H15ClF4N4O2. The fourth-order valence-corrected chi connectivity index (χ4v) is 3.88. The summed E-state index contributed by atoms with van der Waals surface area (Å²) in [6.45, 7) is 1.50. The van der Waals surface area contributed by atoms with E-state index in [2.05, 4.69) is 20.8 Å². The Morgan fingerprint density at radius 2 is 1.91 bits per heavy atom. The Morgan fingerprint density at radius 3 is 2.56 bits per heavy atom. The molecule has 3 N–H and O–H groups in total. The van der Waals surface area contributed by atoms with E-state index >= 15 is 0 Å². The molecule has 2 aromatic carbocycles. The van der Waals surface area contributed by atoms with E-state index in [0.717, 1.165) is 18.2 Å². The third kappa shape index (κ3) is 4.05. The number of rotatable bonds is 3. The molecule has 2 heterocycles. The molecular weight excluding hydrogens is 452 g/mol. The van der Waals surface area contributed by atoms with E-state index in [-0.39, 0.29) is 34.4 Å². The van der Waals surface area contributed by atoms with Crippen molar-refractivity contribution in [3.05, 3.63) is 69.8 Å². The van der Waals surface area contributed by atoms with E-state index < -0.39 is 29.4 Å². The van der Waals surface area contributed by atoms with Crippen molar-refractivity contribution < 1.29 is 27.2 Å². The first-order valence-electron chi connectivity index (χ1n) is 9.37. The van der Waals surface area contributed by atoms with Gasteiger partial charge in [0.25, 0.3) is 5.91 Å². The van der Waals surface area contributed by atoms with Crippen molar-refractivity contribution in [2.45, 2.75) is 25.4 Å². The first-order valence-corrected chi connectivity index (χ1v) is 9.74. The standard InChI is InChI=1S/C21H15ClF4N4O2/c1-9-18(20(32)28-16-6-13-15(8-14(16)23)29-30-19(13)22)12(7-17(31)27-9)10-2-4-11(5-3-10)21(24,25)26/h2-6,8,12H,7H2,1H3,(H,27,31)(H,28,32)(H,29,30). The number of H-pyrrole nitrogens is 1. The van der Waals surface area contributed by atoms with Crippen molar-refractivity contribution in [3.8, 4) is 0 Å². The number of amides is 2. The van der Waals surface area contributed by atoms with Crippen molar-refractivity contribution in [3.63, 3.8) is 0 Å². The smallest absolute Gasteiger partial charge is 0.330 e. The largest absolute Gasteiger partial charge is 0.416 e. The first-order chi connectivity index (χ1) is 15.0. The molecule has 3 aromatic rings. The summed E-state index contributed by atoms with van der Waals surface area (Å²) in [4.78, 5) is 25.2. The molecule has 1 aliphatic heterocycles. The second-order valence-electron chi connectivity index (χ2n) is 7.31. The van der Waals surface area contributed by atoms with Gasteiger partial charge in [-0.15, -0.1) is 0 Å². The van der Waals surface area contributed by atoms with E-state index in [1.807, 2.05) is 0 Å². The van der Waals surface area contributed by atoms with Gasteiger partial charge in [0.15, 0.2) is 5.15 Å². The van der Waals surface area contributed by atoms with Gasteiger partial charge in [-0.2, -0.15) is 18.3 Å². The van der Waals surface area contributed by atoms with Crippen molar-refractivity contribution in [1.82, 2.24) is 15.5 Å². The number of aromatic nitrogens is 2. The van der Waals surface area contributed by atoms with Crippen LogP contribution in [0, 0.1) is 5.82 Å². The summed E-state index contributed by atoms with van der Waals surface area (Å²) in [5, 5.41) is 11.8.